The van der Waals surface area contributed by atoms with Gasteiger partial charge in [-0.3, -0.25) is 0 Å². The van der Waals surface area contributed by atoms with E-state index in [1.165, 1.54) is 0 Å². The van der Waals surface area contributed by atoms with Gasteiger partial charge in [0.2, 0.25) is 5.88 Å². The summed E-state index contributed by atoms with van der Waals surface area (Å²) in [6.07, 6.45) is 2.85. The second-order valence-electron chi connectivity index (χ2n) is 4.83. The Labute approximate surface area is 114 Å². The van der Waals surface area contributed by atoms with Crippen molar-refractivity contribution in [1.82, 2.24) is 10.3 Å². The average molecular weight is 265 g/mol. The predicted octanol–water partition coefficient (Wildman–Crippen LogP) is 1.66. The van der Waals surface area contributed by atoms with E-state index in [1.807, 2.05) is 25.3 Å². The number of hydrogen-bond donors (Lipinski definition) is 2. The predicted molar refractivity (Wildman–Crippen MR) is 75.7 cm³/mol. The van der Waals surface area contributed by atoms with Crippen LogP contribution in [-0.2, 0) is 4.74 Å². The van der Waals surface area contributed by atoms with Crippen molar-refractivity contribution in [2.75, 3.05) is 31.7 Å². The number of pyridine rings is 1. The summed E-state index contributed by atoms with van der Waals surface area (Å²) in [5.41, 5.74) is 1.02. The molecule has 2 unspecified atom stereocenters. The molecule has 0 aromatic carbocycles. The second-order valence-corrected chi connectivity index (χ2v) is 4.83. The number of rotatable bonds is 6. The summed E-state index contributed by atoms with van der Waals surface area (Å²) in [7, 11) is 0. The van der Waals surface area contributed by atoms with Gasteiger partial charge in [0.1, 0.15) is 0 Å². The van der Waals surface area contributed by atoms with E-state index in [0.29, 0.717) is 24.6 Å². The van der Waals surface area contributed by atoms with Gasteiger partial charge in [-0.2, -0.15) is 0 Å². The number of hydrogen-bond acceptors (Lipinski definition) is 5. The van der Waals surface area contributed by atoms with E-state index in [9.17, 15) is 0 Å². The van der Waals surface area contributed by atoms with Crippen molar-refractivity contribution in [3.63, 3.8) is 0 Å². The minimum atomic E-state index is 0.374. The van der Waals surface area contributed by atoms with Crippen molar-refractivity contribution in [1.29, 1.82) is 0 Å². The molecule has 0 amide bonds. The van der Waals surface area contributed by atoms with Gasteiger partial charge in [-0.15, -0.1) is 0 Å². The molecule has 1 aliphatic heterocycles. The molecule has 0 saturated carbocycles. The summed E-state index contributed by atoms with van der Waals surface area (Å²) in [5.74, 6) is 0.669. The third-order valence-electron chi connectivity index (χ3n) is 3.08. The fourth-order valence-electron chi connectivity index (χ4n) is 2.24. The maximum absolute atomic E-state index is 5.46. The lowest BCUT2D eigenvalue weighted by Gasteiger charge is -2.27. The SMILES string of the molecule is CCOc1ccc(NC(C)CC2COCCN2)cn1. The average Bonchev–Trinajstić information content (AvgIpc) is 2.42. The van der Waals surface area contributed by atoms with E-state index in [4.69, 9.17) is 9.47 Å². The molecule has 1 fully saturated rings. The summed E-state index contributed by atoms with van der Waals surface area (Å²) < 4.78 is 10.8. The normalized spacial score (nSPS) is 20.8. The number of morpholine rings is 1. The van der Waals surface area contributed by atoms with Crippen LogP contribution in [-0.4, -0.2) is 43.4 Å². The molecule has 0 bridgehead atoms. The first-order valence-electron chi connectivity index (χ1n) is 6.94. The highest BCUT2D eigenvalue weighted by Gasteiger charge is 2.16. The molecule has 1 aromatic heterocycles. The number of aromatic nitrogens is 1. The molecule has 2 heterocycles. The lowest BCUT2D eigenvalue weighted by molar-refractivity contribution is 0.0731. The van der Waals surface area contributed by atoms with Gasteiger partial charge in [0, 0.05) is 24.7 Å². The zero-order valence-electron chi connectivity index (χ0n) is 11.7. The summed E-state index contributed by atoms with van der Waals surface area (Å²) in [4.78, 5) is 4.24. The first-order valence-corrected chi connectivity index (χ1v) is 6.94. The van der Waals surface area contributed by atoms with E-state index in [2.05, 4.69) is 22.5 Å². The number of ether oxygens (including phenoxy) is 2. The van der Waals surface area contributed by atoms with Crippen LogP contribution in [0.1, 0.15) is 20.3 Å². The van der Waals surface area contributed by atoms with E-state index in [1.54, 1.807) is 0 Å². The molecular weight excluding hydrogens is 242 g/mol. The van der Waals surface area contributed by atoms with E-state index >= 15 is 0 Å². The Kier molecular flexibility index (Phi) is 5.42. The maximum atomic E-state index is 5.46. The van der Waals surface area contributed by atoms with Crippen LogP contribution in [0.3, 0.4) is 0 Å². The largest absolute Gasteiger partial charge is 0.478 e. The molecule has 1 aliphatic rings. The minimum Gasteiger partial charge on any atom is -0.478 e. The van der Waals surface area contributed by atoms with Gasteiger partial charge < -0.3 is 20.1 Å². The monoisotopic (exact) mass is 265 g/mol. The van der Waals surface area contributed by atoms with Crippen LogP contribution in [0.4, 0.5) is 5.69 Å². The Morgan fingerprint density at radius 3 is 3.11 bits per heavy atom. The molecule has 0 spiro atoms. The first-order chi connectivity index (χ1) is 9.28. The Balaban J connectivity index is 1.78. The van der Waals surface area contributed by atoms with E-state index < -0.39 is 0 Å². The maximum Gasteiger partial charge on any atom is 0.213 e. The molecule has 0 radical (unpaired) electrons. The number of nitrogens with one attached hydrogen (secondary N) is 2. The Morgan fingerprint density at radius 2 is 2.47 bits per heavy atom. The highest BCUT2D eigenvalue weighted by atomic mass is 16.5. The van der Waals surface area contributed by atoms with Crippen molar-refractivity contribution in [2.24, 2.45) is 0 Å². The molecule has 2 atom stereocenters. The smallest absolute Gasteiger partial charge is 0.213 e. The minimum absolute atomic E-state index is 0.374. The zero-order chi connectivity index (χ0) is 13.5. The van der Waals surface area contributed by atoms with Gasteiger partial charge in [0.25, 0.3) is 0 Å². The van der Waals surface area contributed by atoms with Gasteiger partial charge in [-0.25, -0.2) is 4.98 Å². The van der Waals surface area contributed by atoms with Crippen LogP contribution in [0.25, 0.3) is 0 Å². The van der Waals surface area contributed by atoms with Gasteiger partial charge in [-0.05, 0) is 26.3 Å². The molecule has 5 heteroatoms. The third kappa shape index (κ3) is 4.69. The fraction of sp³-hybridized carbons (Fsp3) is 0.643. The topological polar surface area (TPSA) is 55.4 Å². The van der Waals surface area contributed by atoms with Gasteiger partial charge >= 0.3 is 0 Å². The van der Waals surface area contributed by atoms with Crippen LogP contribution in [0.5, 0.6) is 5.88 Å². The van der Waals surface area contributed by atoms with Crippen LogP contribution in [0.2, 0.25) is 0 Å². The molecule has 0 aliphatic carbocycles. The lowest BCUT2D eigenvalue weighted by Crippen LogP contribution is -2.43. The van der Waals surface area contributed by atoms with Crippen LogP contribution in [0.15, 0.2) is 18.3 Å². The standard InChI is InChI=1S/C14H23N3O2/c1-3-19-14-5-4-12(9-16-14)17-11(2)8-13-10-18-7-6-15-13/h4-5,9,11,13,15,17H,3,6-8,10H2,1-2H3. The number of nitrogens with zero attached hydrogens (tertiary/aromatic N) is 1. The zero-order valence-corrected chi connectivity index (χ0v) is 11.7. The Morgan fingerprint density at radius 1 is 1.58 bits per heavy atom. The number of anilines is 1. The summed E-state index contributed by atoms with van der Waals surface area (Å²) in [5, 5.41) is 6.91. The van der Waals surface area contributed by atoms with Gasteiger partial charge in [-0.1, -0.05) is 0 Å². The highest BCUT2D eigenvalue weighted by molar-refractivity contribution is 5.42. The van der Waals surface area contributed by atoms with Crippen molar-refractivity contribution in [3.05, 3.63) is 18.3 Å². The van der Waals surface area contributed by atoms with Crippen molar-refractivity contribution in [2.45, 2.75) is 32.4 Å². The van der Waals surface area contributed by atoms with Gasteiger partial charge in [0.05, 0.1) is 31.7 Å². The van der Waals surface area contributed by atoms with Crippen molar-refractivity contribution >= 4 is 5.69 Å². The fourth-order valence-corrected chi connectivity index (χ4v) is 2.24. The molecule has 1 aromatic rings. The second kappa shape index (κ2) is 7.31. The van der Waals surface area contributed by atoms with Crippen LogP contribution < -0.4 is 15.4 Å². The van der Waals surface area contributed by atoms with Crippen LogP contribution in [0, 0.1) is 0 Å². The Hall–Kier alpha value is -1.33. The Bertz CT molecular complexity index is 363. The van der Waals surface area contributed by atoms with Crippen molar-refractivity contribution in [3.8, 4) is 5.88 Å². The first kappa shape index (κ1) is 14.1. The highest BCUT2D eigenvalue weighted by Crippen LogP contribution is 2.14. The molecule has 2 N–H and O–H groups in total. The molecule has 2 rings (SSSR count). The quantitative estimate of drug-likeness (QED) is 0.819. The summed E-state index contributed by atoms with van der Waals surface area (Å²) in [6.45, 7) is 7.34. The van der Waals surface area contributed by atoms with E-state index in [0.717, 1.165) is 31.9 Å². The lowest BCUT2D eigenvalue weighted by atomic mass is 10.1. The molecular formula is C14H23N3O2. The third-order valence-corrected chi connectivity index (χ3v) is 3.08. The molecule has 5 nitrogen and oxygen atoms in total. The summed E-state index contributed by atoms with van der Waals surface area (Å²) in [6, 6.07) is 4.70. The van der Waals surface area contributed by atoms with Gasteiger partial charge in [0.15, 0.2) is 0 Å². The summed E-state index contributed by atoms with van der Waals surface area (Å²) >= 11 is 0. The van der Waals surface area contributed by atoms with E-state index in [-0.39, 0.29) is 0 Å². The van der Waals surface area contributed by atoms with Crippen molar-refractivity contribution < 1.29 is 9.47 Å². The molecule has 1 saturated heterocycles. The molecule has 106 valence electrons. The molecule has 19 heavy (non-hydrogen) atoms. The van der Waals surface area contributed by atoms with Crippen LogP contribution >= 0.6 is 0 Å².